The standard InChI is InChI=1S/C20H19N3O7/c1-28-16-5-4-12(17(9-16)29-2)11-22-20(25)14(10-21)6-13-7-15(23(26)27)8-18(30-3)19(13)24/h4-9,24H,11H2,1-3H3,(H,22,25)/b14-6+. The molecule has 0 saturated carbocycles. The number of aromatic hydroxyl groups is 1. The van der Waals surface area contributed by atoms with Crippen molar-refractivity contribution in [2.24, 2.45) is 0 Å². The number of benzene rings is 2. The number of rotatable bonds is 8. The van der Waals surface area contributed by atoms with Crippen LogP contribution in [0, 0.1) is 21.4 Å². The predicted molar refractivity (Wildman–Crippen MR) is 106 cm³/mol. The summed E-state index contributed by atoms with van der Waals surface area (Å²) in [4.78, 5) is 22.8. The summed E-state index contributed by atoms with van der Waals surface area (Å²) in [7, 11) is 4.21. The lowest BCUT2D eigenvalue weighted by Gasteiger charge is -2.11. The summed E-state index contributed by atoms with van der Waals surface area (Å²) < 4.78 is 15.3. The average molecular weight is 413 g/mol. The van der Waals surface area contributed by atoms with Gasteiger partial charge in [0.1, 0.15) is 23.1 Å². The molecule has 0 heterocycles. The highest BCUT2D eigenvalue weighted by molar-refractivity contribution is 6.02. The lowest BCUT2D eigenvalue weighted by Crippen LogP contribution is -2.24. The monoisotopic (exact) mass is 413 g/mol. The molecule has 2 rings (SSSR count). The third-order valence-corrected chi connectivity index (χ3v) is 4.12. The maximum absolute atomic E-state index is 12.4. The van der Waals surface area contributed by atoms with Gasteiger partial charge in [0.2, 0.25) is 0 Å². The maximum atomic E-state index is 12.4. The highest BCUT2D eigenvalue weighted by Crippen LogP contribution is 2.35. The van der Waals surface area contributed by atoms with Crippen molar-refractivity contribution in [3.05, 3.63) is 57.1 Å². The Balaban J connectivity index is 2.29. The minimum absolute atomic E-state index is 0.0509. The van der Waals surface area contributed by atoms with Gasteiger partial charge in [-0.3, -0.25) is 14.9 Å². The number of nitrogens with zero attached hydrogens (tertiary/aromatic N) is 2. The molecule has 0 aliphatic carbocycles. The fourth-order valence-corrected chi connectivity index (χ4v) is 2.56. The lowest BCUT2D eigenvalue weighted by atomic mass is 10.1. The summed E-state index contributed by atoms with van der Waals surface area (Å²) in [6, 6.07) is 8.84. The van der Waals surface area contributed by atoms with E-state index in [2.05, 4.69) is 5.32 Å². The zero-order valence-corrected chi connectivity index (χ0v) is 16.5. The smallest absolute Gasteiger partial charge is 0.274 e. The topological polar surface area (TPSA) is 144 Å². The number of phenols is 1. The number of amides is 1. The molecule has 156 valence electrons. The normalized spacial score (nSPS) is 10.7. The van der Waals surface area contributed by atoms with E-state index in [1.165, 1.54) is 21.3 Å². The SMILES string of the molecule is COc1ccc(CNC(=O)/C(C#N)=C/c2cc([N+](=O)[O-])cc(OC)c2O)c(OC)c1. The molecule has 0 atom stereocenters. The number of nitro groups is 1. The van der Waals surface area contributed by atoms with Crippen molar-refractivity contribution in [3.8, 4) is 29.1 Å². The first kappa shape index (κ1) is 22.0. The molecule has 0 unspecified atom stereocenters. The fraction of sp³-hybridized carbons (Fsp3) is 0.200. The first-order chi connectivity index (χ1) is 14.3. The zero-order valence-electron chi connectivity index (χ0n) is 16.5. The van der Waals surface area contributed by atoms with Gasteiger partial charge in [-0.1, -0.05) is 0 Å². The predicted octanol–water partition coefficient (Wildman–Crippen LogP) is 2.55. The Bertz CT molecular complexity index is 1040. The van der Waals surface area contributed by atoms with Crippen LogP contribution in [0.3, 0.4) is 0 Å². The molecule has 10 heteroatoms. The number of methoxy groups -OCH3 is 3. The molecular weight excluding hydrogens is 394 g/mol. The van der Waals surface area contributed by atoms with Crippen LogP contribution < -0.4 is 19.5 Å². The molecule has 0 saturated heterocycles. The summed E-state index contributed by atoms with van der Waals surface area (Å²) in [5.74, 6) is -0.260. The summed E-state index contributed by atoms with van der Waals surface area (Å²) in [6.07, 6.45) is 1.05. The van der Waals surface area contributed by atoms with E-state index < -0.39 is 16.6 Å². The first-order valence-corrected chi connectivity index (χ1v) is 8.50. The highest BCUT2D eigenvalue weighted by atomic mass is 16.6. The number of non-ortho nitro benzene ring substituents is 1. The van der Waals surface area contributed by atoms with Crippen LogP contribution in [0.25, 0.3) is 6.08 Å². The Kier molecular flexibility index (Phi) is 7.19. The molecule has 0 fully saturated rings. The largest absolute Gasteiger partial charge is 0.504 e. The Morgan fingerprint density at radius 1 is 1.20 bits per heavy atom. The van der Waals surface area contributed by atoms with Crippen LogP contribution in [0.4, 0.5) is 5.69 Å². The Hall–Kier alpha value is -4.26. The van der Waals surface area contributed by atoms with E-state index in [1.807, 2.05) is 0 Å². The van der Waals surface area contributed by atoms with Crippen LogP contribution in [-0.4, -0.2) is 37.3 Å². The van der Waals surface area contributed by atoms with E-state index in [9.17, 15) is 25.3 Å². The van der Waals surface area contributed by atoms with Crippen LogP contribution in [0.2, 0.25) is 0 Å². The van der Waals surface area contributed by atoms with Gasteiger partial charge in [-0.25, -0.2) is 0 Å². The Labute approximate surface area is 172 Å². The highest BCUT2D eigenvalue weighted by Gasteiger charge is 2.18. The summed E-state index contributed by atoms with van der Waals surface area (Å²) in [5, 5.41) is 33.2. The number of ether oxygens (including phenoxy) is 3. The van der Waals surface area contributed by atoms with Crippen LogP contribution in [0.15, 0.2) is 35.9 Å². The molecule has 2 aromatic rings. The van der Waals surface area contributed by atoms with Crippen molar-refractivity contribution in [2.45, 2.75) is 6.54 Å². The molecule has 10 nitrogen and oxygen atoms in total. The third-order valence-electron chi connectivity index (χ3n) is 4.12. The molecule has 0 radical (unpaired) electrons. The number of nitriles is 1. The second-order valence-corrected chi connectivity index (χ2v) is 5.87. The molecule has 0 aromatic heterocycles. The fourth-order valence-electron chi connectivity index (χ4n) is 2.56. The van der Waals surface area contributed by atoms with Crippen molar-refractivity contribution in [3.63, 3.8) is 0 Å². The van der Waals surface area contributed by atoms with Crippen molar-refractivity contribution < 1.29 is 29.0 Å². The van der Waals surface area contributed by atoms with Gasteiger partial charge in [0, 0.05) is 29.8 Å². The second kappa shape index (κ2) is 9.79. The Morgan fingerprint density at radius 3 is 2.47 bits per heavy atom. The third kappa shape index (κ3) is 4.96. The van der Waals surface area contributed by atoms with E-state index >= 15 is 0 Å². The van der Waals surface area contributed by atoms with E-state index in [1.54, 1.807) is 24.3 Å². The van der Waals surface area contributed by atoms with Gasteiger partial charge in [-0.15, -0.1) is 0 Å². The molecule has 2 N–H and O–H groups in total. The number of nitrogens with one attached hydrogen (secondary N) is 1. The average Bonchev–Trinajstić information content (AvgIpc) is 2.76. The van der Waals surface area contributed by atoms with Gasteiger partial charge in [0.25, 0.3) is 11.6 Å². The molecule has 0 aliphatic heterocycles. The molecule has 0 aliphatic rings. The number of carbonyl (C=O) groups excluding carboxylic acids is 1. The first-order valence-electron chi connectivity index (χ1n) is 8.50. The summed E-state index contributed by atoms with van der Waals surface area (Å²) in [6.45, 7) is 0.0509. The van der Waals surface area contributed by atoms with Gasteiger partial charge < -0.3 is 24.6 Å². The van der Waals surface area contributed by atoms with Crippen molar-refractivity contribution >= 4 is 17.7 Å². The van der Waals surface area contributed by atoms with E-state index in [4.69, 9.17) is 14.2 Å². The summed E-state index contributed by atoms with van der Waals surface area (Å²) >= 11 is 0. The van der Waals surface area contributed by atoms with Crippen molar-refractivity contribution in [1.29, 1.82) is 5.26 Å². The van der Waals surface area contributed by atoms with Gasteiger partial charge in [-0.2, -0.15) is 5.26 Å². The van der Waals surface area contributed by atoms with Crippen molar-refractivity contribution in [1.82, 2.24) is 5.32 Å². The van der Waals surface area contributed by atoms with Gasteiger partial charge >= 0.3 is 0 Å². The van der Waals surface area contributed by atoms with Gasteiger partial charge in [0.15, 0.2) is 11.5 Å². The number of hydrogen-bond donors (Lipinski definition) is 2. The number of carbonyl (C=O) groups is 1. The van der Waals surface area contributed by atoms with Crippen LogP contribution in [0.1, 0.15) is 11.1 Å². The molecule has 30 heavy (non-hydrogen) atoms. The quantitative estimate of drug-likeness (QED) is 0.291. The number of phenolic OH excluding ortho intramolecular Hbond substituents is 1. The zero-order chi connectivity index (χ0) is 22.3. The molecule has 2 aromatic carbocycles. The minimum atomic E-state index is -0.736. The number of nitro benzene ring substituents is 1. The van der Waals surface area contributed by atoms with Crippen molar-refractivity contribution in [2.75, 3.05) is 21.3 Å². The van der Waals surface area contributed by atoms with E-state index in [0.29, 0.717) is 17.1 Å². The van der Waals surface area contributed by atoms with Crippen LogP contribution >= 0.6 is 0 Å². The molecular formula is C20H19N3O7. The second-order valence-electron chi connectivity index (χ2n) is 5.87. The van der Waals surface area contributed by atoms with Gasteiger partial charge in [-0.05, 0) is 18.2 Å². The minimum Gasteiger partial charge on any atom is -0.504 e. The van der Waals surface area contributed by atoms with Crippen LogP contribution in [0.5, 0.6) is 23.0 Å². The maximum Gasteiger partial charge on any atom is 0.274 e. The lowest BCUT2D eigenvalue weighted by molar-refractivity contribution is -0.385. The molecule has 1 amide bonds. The Morgan fingerprint density at radius 2 is 1.90 bits per heavy atom. The summed E-state index contributed by atoms with van der Waals surface area (Å²) in [5.41, 5.74) is -0.185. The molecule has 0 spiro atoms. The number of hydrogen-bond acceptors (Lipinski definition) is 8. The molecule has 0 bridgehead atoms. The van der Waals surface area contributed by atoms with Crippen LogP contribution in [-0.2, 0) is 11.3 Å². The van der Waals surface area contributed by atoms with E-state index in [0.717, 1.165) is 18.2 Å². The van der Waals surface area contributed by atoms with E-state index in [-0.39, 0.29) is 29.1 Å². The van der Waals surface area contributed by atoms with Gasteiger partial charge in [0.05, 0.1) is 32.3 Å².